The molecule has 0 amide bonds. The van der Waals surface area contributed by atoms with E-state index in [4.69, 9.17) is 20.3 Å². The molecule has 1 aromatic heterocycles. The number of ether oxygens (including phenoxy) is 2. The molecule has 4 rings (SSSR count). The Balaban J connectivity index is 1.98. The van der Waals surface area contributed by atoms with Crippen molar-refractivity contribution in [3.05, 3.63) is 82.9 Å². The van der Waals surface area contributed by atoms with E-state index in [0.29, 0.717) is 11.5 Å². The van der Waals surface area contributed by atoms with E-state index in [-0.39, 0.29) is 11.8 Å². The summed E-state index contributed by atoms with van der Waals surface area (Å²) >= 11 is 0. The van der Waals surface area contributed by atoms with Crippen LogP contribution in [0.2, 0.25) is 0 Å². The smallest absolute Gasteiger partial charge is 0.229 e. The molecule has 1 aliphatic rings. The van der Waals surface area contributed by atoms with Crippen molar-refractivity contribution in [2.45, 2.75) is 25.7 Å². The molecule has 3 aromatic rings. The van der Waals surface area contributed by atoms with Gasteiger partial charge in [0.1, 0.15) is 17.4 Å². The molecule has 0 unspecified atom stereocenters. The van der Waals surface area contributed by atoms with E-state index >= 15 is 0 Å². The molecular formula is C23H22N4O2. The highest BCUT2D eigenvalue weighted by Gasteiger charge is 2.37. The number of hydrogen-bond donors (Lipinski definition) is 1. The van der Waals surface area contributed by atoms with Gasteiger partial charge in [0, 0.05) is 0 Å². The molecule has 0 spiro atoms. The first-order chi connectivity index (χ1) is 14.2. The zero-order valence-electron chi connectivity index (χ0n) is 16.4. The third-order valence-electron chi connectivity index (χ3n) is 5.04. The summed E-state index contributed by atoms with van der Waals surface area (Å²) in [7, 11) is 1.62. The van der Waals surface area contributed by atoms with Gasteiger partial charge in [0.2, 0.25) is 11.8 Å². The minimum atomic E-state index is -0.363. The number of nitrogens with zero attached hydrogens (tertiary/aromatic N) is 3. The molecule has 29 heavy (non-hydrogen) atoms. The summed E-state index contributed by atoms with van der Waals surface area (Å²) in [6.07, 6.45) is 1.69. The average Bonchev–Trinajstić information content (AvgIpc) is 3.11. The molecule has 146 valence electrons. The average molecular weight is 386 g/mol. The van der Waals surface area contributed by atoms with Crippen LogP contribution in [0.3, 0.4) is 0 Å². The third-order valence-corrected chi connectivity index (χ3v) is 5.04. The number of fused-ring (bicyclic) bond motifs is 1. The van der Waals surface area contributed by atoms with E-state index in [1.807, 2.05) is 54.6 Å². The lowest BCUT2D eigenvalue weighted by molar-refractivity contribution is 0.366. The second-order valence-corrected chi connectivity index (χ2v) is 6.86. The Kier molecular flexibility index (Phi) is 4.96. The SMILES string of the molecule is CCCc1nn(-c2ccccc2)c2c1[C@H](c1cccc(OC)c1)C(C#N)=C(N)O2. The standard InChI is InChI=1S/C23H22N4O2/c1-3-8-19-21-20(15-9-7-12-17(13-15)28-2)18(14-24)22(25)29-23(21)27(26-19)16-10-5-4-6-11-16/h4-7,9-13,20H,3,8,25H2,1-2H3/t20-/m1/s1. The third kappa shape index (κ3) is 3.21. The second kappa shape index (κ2) is 7.72. The number of nitrogens with two attached hydrogens (primary N) is 1. The van der Waals surface area contributed by atoms with Gasteiger partial charge in [-0.15, -0.1) is 0 Å². The fraction of sp³-hybridized carbons (Fsp3) is 0.217. The van der Waals surface area contributed by atoms with Gasteiger partial charge in [-0.25, -0.2) is 4.68 Å². The van der Waals surface area contributed by atoms with Gasteiger partial charge in [-0.3, -0.25) is 0 Å². The zero-order chi connectivity index (χ0) is 20.4. The van der Waals surface area contributed by atoms with Crippen molar-refractivity contribution in [2.75, 3.05) is 7.11 Å². The molecule has 0 fully saturated rings. The molecule has 1 atom stereocenters. The van der Waals surface area contributed by atoms with Crippen LogP contribution in [0, 0.1) is 11.3 Å². The van der Waals surface area contributed by atoms with E-state index in [1.165, 1.54) is 0 Å². The quantitative estimate of drug-likeness (QED) is 0.715. The van der Waals surface area contributed by atoms with Gasteiger partial charge in [0.15, 0.2) is 0 Å². The number of hydrogen-bond acceptors (Lipinski definition) is 5. The van der Waals surface area contributed by atoms with E-state index in [1.54, 1.807) is 11.8 Å². The number of benzene rings is 2. The highest BCUT2D eigenvalue weighted by molar-refractivity contribution is 5.58. The molecule has 0 saturated heterocycles. The number of rotatable bonds is 5. The summed E-state index contributed by atoms with van der Waals surface area (Å²) in [6.45, 7) is 2.10. The van der Waals surface area contributed by atoms with Gasteiger partial charge in [-0.1, -0.05) is 43.7 Å². The number of aryl methyl sites for hydroxylation is 1. The van der Waals surface area contributed by atoms with Crippen molar-refractivity contribution in [3.8, 4) is 23.4 Å². The van der Waals surface area contributed by atoms with E-state index in [9.17, 15) is 5.26 Å². The van der Waals surface area contributed by atoms with Crippen LogP contribution >= 0.6 is 0 Å². The molecule has 2 aromatic carbocycles. The van der Waals surface area contributed by atoms with Crippen LogP contribution < -0.4 is 15.2 Å². The van der Waals surface area contributed by atoms with Crippen LogP contribution in [0.1, 0.15) is 36.1 Å². The molecule has 6 nitrogen and oxygen atoms in total. The highest BCUT2D eigenvalue weighted by atomic mass is 16.5. The molecule has 6 heteroatoms. The lowest BCUT2D eigenvalue weighted by Gasteiger charge is -2.25. The lowest BCUT2D eigenvalue weighted by atomic mass is 9.83. The van der Waals surface area contributed by atoms with Crippen LogP contribution in [-0.2, 0) is 6.42 Å². The summed E-state index contributed by atoms with van der Waals surface area (Å²) in [5.74, 6) is 1.02. The molecule has 1 aliphatic heterocycles. The van der Waals surface area contributed by atoms with Gasteiger partial charge < -0.3 is 15.2 Å². The fourth-order valence-electron chi connectivity index (χ4n) is 3.73. The summed E-state index contributed by atoms with van der Waals surface area (Å²) in [4.78, 5) is 0. The lowest BCUT2D eigenvalue weighted by Crippen LogP contribution is -2.22. The Morgan fingerprint density at radius 1 is 1.21 bits per heavy atom. The first kappa shape index (κ1) is 18.6. The molecule has 2 N–H and O–H groups in total. The second-order valence-electron chi connectivity index (χ2n) is 6.86. The van der Waals surface area contributed by atoms with Crippen LogP contribution in [0.25, 0.3) is 5.69 Å². The minimum absolute atomic E-state index is 0.105. The van der Waals surface area contributed by atoms with Crippen molar-refractivity contribution in [3.63, 3.8) is 0 Å². The first-order valence-electron chi connectivity index (χ1n) is 9.56. The number of methoxy groups -OCH3 is 1. The largest absolute Gasteiger partial charge is 0.497 e. The van der Waals surface area contributed by atoms with Crippen molar-refractivity contribution in [1.29, 1.82) is 5.26 Å². The van der Waals surface area contributed by atoms with Gasteiger partial charge in [0.05, 0.1) is 30.0 Å². The number of nitriles is 1. The summed E-state index contributed by atoms with van der Waals surface area (Å²) in [5, 5.41) is 14.7. The van der Waals surface area contributed by atoms with Gasteiger partial charge in [0.25, 0.3) is 0 Å². The van der Waals surface area contributed by atoms with Gasteiger partial charge >= 0.3 is 0 Å². The predicted molar refractivity (Wildman–Crippen MR) is 110 cm³/mol. The summed E-state index contributed by atoms with van der Waals surface area (Å²) in [6, 6.07) is 19.7. The highest BCUT2D eigenvalue weighted by Crippen LogP contribution is 2.45. The predicted octanol–water partition coefficient (Wildman–Crippen LogP) is 4.05. The Morgan fingerprint density at radius 3 is 2.69 bits per heavy atom. The first-order valence-corrected chi connectivity index (χ1v) is 9.56. The van der Waals surface area contributed by atoms with Crippen molar-refractivity contribution >= 4 is 0 Å². The number of aromatic nitrogens is 2. The molecule has 0 saturated carbocycles. The van der Waals surface area contributed by atoms with Crippen LogP contribution in [0.5, 0.6) is 11.6 Å². The Bertz CT molecular complexity index is 1110. The zero-order valence-corrected chi connectivity index (χ0v) is 16.4. The minimum Gasteiger partial charge on any atom is -0.497 e. The Hall–Kier alpha value is -3.72. The number of para-hydroxylation sites is 1. The number of allylic oxidation sites excluding steroid dienone is 1. The molecular weight excluding hydrogens is 364 g/mol. The van der Waals surface area contributed by atoms with Crippen LogP contribution in [-0.4, -0.2) is 16.9 Å². The van der Waals surface area contributed by atoms with Gasteiger partial charge in [-0.05, 0) is 36.2 Å². The van der Waals surface area contributed by atoms with Crippen molar-refractivity contribution < 1.29 is 9.47 Å². The Labute approximate surface area is 169 Å². The topological polar surface area (TPSA) is 86.1 Å². The Morgan fingerprint density at radius 2 is 2.00 bits per heavy atom. The fourth-order valence-corrected chi connectivity index (χ4v) is 3.73. The monoisotopic (exact) mass is 386 g/mol. The summed E-state index contributed by atoms with van der Waals surface area (Å²) < 4.78 is 13.1. The molecule has 2 heterocycles. The van der Waals surface area contributed by atoms with Crippen LogP contribution in [0.4, 0.5) is 0 Å². The van der Waals surface area contributed by atoms with E-state index < -0.39 is 0 Å². The van der Waals surface area contributed by atoms with Crippen molar-refractivity contribution in [2.24, 2.45) is 5.73 Å². The molecule has 0 bridgehead atoms. The van der Waals surface area contributed by atoms with Crippen molar-refractivity contribution in [1.82, 2.24) is 9.78 Å². The normalized spacial score (nSPS) is 15.4. The van der Waals surface area contributed by atoms with E-state index in [0.717, 1.165) is 41.1 Å². The molecule has 0 aliphatic carbocycles. The van der Waals surface area contributed by atoms with Crippen LogP contribution in [0.15, 0.2) is 66.1 Å². The molecule has 0 radical (unpaired) electrons. The maximum Gasteiger partial charge on any atom is 0.229 e. The maximum atomic E-state index is 9.86. The maximum absolute atomic E-state index is 9.86. The summed E-state index contributed by atoms with van der Waals surface area (Å²) in [5.41, 5.74) is 10.2. The van der Waals surface area contributed by atoms with Gasteiger partial charge in [-0.2, -0.15) is 10.4 Å². The van der Waals surface area contributed by atoms with E-state index in [2.05, 4.69) is 13.0 Å².